The SMILES string of the molecule is O=C(Nc1cc(F)ccc1F)c1cc(Br)cn1C1CC1. The van der Waals surface area contributed by atoms with E-state index in [-0.39, 0.29) is 5.69 Å². The Hall–Kier alpha value is -1.69. The summed E-state index contributed by atoms with van der Waals surface area (Å²) in [6.45, 7) is 0. The minimum absolute atomic E-state index is 0.158. The Morgan fingerprint density at radius 1 is 1.30 bits per heavy atom. The van der Waals surface area contributed by atoms with Crippen molar-refractivity contribution in [3.63, 3.8) is 0 Å². The van der Waals surface area contributed by atoms with E-state index in [9.17, 15) is 13.6 Å². The van der Waals surface area contributed by atoms with Gasteiger partial charge in [-0.15, -0.1) is 0 Å². The molecule has 1 amide bonds. The van der Waals surface area contributed by atoms with E-state index < -0.39 is 17.5 Å². The molecule has 1 fully saturated rings. The molecule has 3 nitrogen and oxygen atoms in total. The summed E-state index contributed by atoms with van der Waals surface area (Å²) in [6.07, 6.45) is 3.87. The van der Waals surface area contributed by atoms with E-state index in [0.29, 0.717) is 11.7 Å². The molecule has 1 saturated carbocycles. The van der Waals surface area contributed by atoms with Crippen LogP contribution in [0.2, 0.25) is 0 Å². The van der Waals surface area contributed by atoms with Gasteiger partial charge < -0.3 is 9.88 Å². The fourth-order valence-electron chi connectivity index (χ4n) is 2.06. The van der Waals surface area contributed by atoms with E-state index in [0.717, 1.165) is 35.5 Å². The van der Waals surface area contributed by atoms with Crippen LogP contribution in [-0.4, -0.2) is 10.5 Å². The van der Waals surface area contributed by atoms with Gasteiger partial charge in [-0.1, -0.05) is 0 Å². The van der Waals surface area contributed by atoms with Gasteiger partial charge in [0.25, 0.3) is 5.91 Å². The number of carbonyl (C=O) groups excluding carboxylic acids is 1. The monoisotopic (exact) mass is 340 g/mol. The zero-order chi connectivity index (χ0) is 14.3. The van der Waals surface area contributed by atoms with Crippen molar-refractivity contribution in [2.45, 2.75) is 18.9 Å². The molecule has 2 aromatic rings. The molecule has 0 unspecified atom stereocenters. The molecule has 0 bridgehead atoms. The standard InChI is InChI=1S/C14H11BrF2N2O/c15-8-5-13(19(7-8)10-2-3-10)14(20)18-12-6-9(16)1-4-11(12)17/h1,4-7,10H,2-3H2,(H,18,20). The van der Waals surface area contributed by atoms with Gasteiger partial charge in [-0.25, -0.2) is 8.78 Å². The Balaban J connectivity index is 1.87. The van der Waals surface area contributed by atoms with Crippen molar-refractivity contribution < 1.29 is 13.6 Å². The number of aromatic nitrogens is 1. The number of halogens is 3. The minimum atomic E-state index is -0.664. The number of benzene rings is 1. The van der Waals surface area contributed by atoms with Crippen LogP contribution < -0.4 is 5.32 Å². The van der Waals surface area contributed by atoms with Gasteiger partial charge in [-0.3, -0.25) is 4.79 Å². The van der Waals surface area contributed by atoms with Crippen molar-refractivity contribution in [2.24, 2.45) is 0 Å². The normalized spacial score (nSPS) is 14.3. The third-order valence-corrected chi connectivity index (χ3v) is 3.60. The lowest BCUT2D eigenvalue weighted by molar-refractivity contribution is 0.101. The summed E-state index contributed by atoms with van der Waals surface area (Å²) in [7, 11) is 0. The fraction of sp³-hybridized carbons (Fsp3) is 0.214. The Labute approximate surface area is 122 Å². The maximum absolute atomic E-state index is 13.5. The lowest BCUT2D eigenvalue weighted by Gasteiger charge is -2.09. The molecular formula is C14H11BrF2N2O. The first-order chi connectivity index (χ1) is 9.54. The molecule has 1 aromatic heterocycles. The number of nitrogens with zero attached hydrogens (tertiary/aromatic N) is 1. The number of rotatable bonds is 3. The molecule has 1 N–H and O–H groups in total. The Kier molecular flexibility index (Phi) is 3.33. The van der Waals surface area contributed by atoms with Gasteiger partial charge in [0, 0.05) is 22.8 Å². The molecule has 104 valence electrons. The highest BCUT2D eigenvalue weighted by Crippen LogP contribution is 2.37. The summed E-state index contributed by atoms with van der Waals surface area (Å²) in [5.74, 6) is -1.71. The Bertz CT molecular complexity index is 680. The van der Waals surface area contributed by atoms with E-state index in [1.165, 1.54) is 0 Å². The first kappa shape index (κ1) is 13.3. The zero-order valence-electron chi connectivity index (χ0n) is 10.4. The Morgan fingerprint density at radius 3 is 2.75 bits per heavy atom. The molecule has 0 aliphatic heterocycles. The molecule has 1 aromatic carbocycles. The Morgan fingerprint density at radius 2 is 2.05 bits per heavy atom. The summed E-state index contributed by atoms with van der Waals surface area (Å²) in [4.78, 5) is 12.2. The van der Waals surface area contributed by atoms with Crippen molar-refractivity contribution in [1.82, 2.24) is 4.57 Å². The highest BCUT2D eigenvalue weighted by molar-refractivity contribution is 9.10. The van der Waals surface area contributed by atoms with Crippen LogP contribution in [0.4, 0.5) is 14.5 Å². The van der Waals surface area contributed by atoms with Gasteiger partial charge in [0.05, 0.1) is 5.69 Å². The minimum Gasteiger partial charge on any atom is -0.339 e. The second-order valence-corrected chi connectivity index (χ2v) is 5.68. The predicted molar refractivity (Wildman–Crippen MR) is 74.7 cm³/mol. The van der Waals surface area contributed by atoms with Crippen LogP contribution in [0.15, 0.2) is 34.9 Å². The van der Waals surface area contributed by atoms with Crippen LogP contribution in [0.5, 0.6) is 0 Å². The van der Waals surface area contributed by atoms with E-state index >= 15 is 0 Å². The van der Waals surface area contributed by atoms with Crippen molar-refractivity contribution in [1.29, 1.82) is 0 Å². The van der Waals surface area contributed by atoms with Crippen LogP contribution >= 0.6 is 15.9 Å². The van der Waals surface area contributed by atoms with Crippen LogP contribution in [-0.2, 0) is 0 Å². The molecule has 1 heterocycles. The molecule has 0 atom stereocenters. The molecular weight excluding hydrogens is 330 g/mol. The smallest absolute Gasteiger partial charge is 0.272 e. The molecule has 3 rings (SSSR count). The van der Waals surface area contributed by atoms with E-state index in [4.69, 9.17) is 0 Å². The van der Waals surface area contributed by atoms with Gasteiger partial charge in [-0.2, -0.15) is 0 Å². The summed E-state index contributed by atoms with van der Waals surface area (Å²) in [5, 5.41) is 2.41. The number of carbonyl (C=O) groups is 1. The topological polar surface area (TPSA) is 34.0 Å². The second kappa shape index (κ2) is 5.01. The average molecular weight is 341 g/mol. The van der Waals surface area contributed by atoms with Crippen LogP contribution in [0.25, 0.3) is 0 Å². The number of hydrogen-bond acceptors (Lipinski definition) is 1. The highest BCUT2D eigenvalue weighted by atomic mass is 79.9. The number of amides is 1. The third kappa shape index (κ3) is 2.60. The second-order valence-electron chi connectivity index (χ2n) is 4.76. The summed E-state index contributed by atoms with van der Waals surface area (Å²) in [5.41, 5.74) is 0.276. The van der Waals surface area contributed by atoms with Crippen molar-refractivity contribution in [3.8, 4) is 0 Å². The van der Waals surface area contributed by atoms with Crippen LogP contribution in [0.3, 0.4) is 0 Å². The quantitative estimate of drug-likeness (QED) is 0.896. The third-order valence-electron chi connectivity index (χ3n) is 3.16. The molecule has 20 heavy (non-hydrogen) atoms. The molecule has 0 saturated heterocycles. The predicted octanol–water partition coefficient (Wildman–Crippen LogP) is 4.12. The first-order valence-corrected chi connectivity index (χ1v) is 6.97. The van der Waals surface area contributed by atoms with Crippen LogP contribution in [0, 0.1) is 11.6 Å². The maximum atomic E-state index is 13.5. The van der Waals surface area contributed by atoms with E-state index in [1.807, 2.05) is 10.8 Å². The van der Waals surface area contributed by atoms with Gasteiger partial charge in [0.1, 0.15) is 17.3 Å². The van der Waals surface area contributed by atoms with Gasteiger partial charge in [0.2, 0.25) is 0 Å². The van der Waals surface area contributed by atoms with E-state index in [2.05, 4.69) is 21.2 Å². The molecule has 1 aliphatic carbocycles. The maximum Gasteiger partial charge on any atom is 0.272 e. The molecule has 1 aliphatic rings. The molecule has 0 spiro atoms. The van der Waals surface area contributed by atoms with Gasteiger partial charge in [-0.05, 0) is 47.0 Å². The van der Waals surface area contributed by atoms with Gasteiger partial charge in [0.15, 0.2) is 0 Å². The number of nitrogens with one attached hydrogen (secondary N) is 1. The highest BCUT2D eigenvalue weighted by Gasteiger charge is 2.28. The van der Waals surface area contributed by atoms with Gasteiger partial charge >= 0.3 is 0 Å². The summed E-state index contributed by atoms with van der Waals surface area (Å²) in [6, 6.07) is 4.95. The van der Waals surface area contributed by atoms with Crippen molar-refractivity contribution in [2.75, 3.05) is 5.32 Å². The largest absolute Gasteiger partial charge is 0.339 e. The average Bonchev–Trinajstić information content (AvgIpc) is 3.17. The van der Waals surface area contributed by atoms with Crippen molar-refractivity contribution in [3.05, 3.63) is 52.3 Å². The van der Waals surface area contributed by atoms with Crippen LogP contribution in [0.1, 0.15) is 29.4 Å². The molecule has 0 radical (unpaired) electrons. The summed E-state index contributed by atoms with van der Waals surface area (Å²) >= 11 is 3.32. The number of hydrogen-bond donors (Lipinski definition) is 1. The zero-order valence-corrected chi connectivity index (χ0v) is 12.0. The fourth-order valence-corrected chi connectivity index (χ4v) is 2.50. The lowest BCUT2D eigenvalue weighted by atomic mass is 10.3. The lowest BCUT2D eigenvalue weighted by Crippen LogP contribution is -2.17. The van der Waals surface area contributed by atoms with E-state index in [1.54, 1.807) is 6.07 Å². The first-order valence-electron chi connectivity index (χ1n) is 6.18. The number of anilines is 1. The van der Waals surface area contributed by atoms with Crippen molar-refractivity contribution >= 4 is 27.5 Å². The summed E-state index contributed by atoms with van der Waals surface area (Å²) < 4.78 is 29.3. The molecule has 6 heteroatoms.